The first-order chi connectivity index (χ1) is 7.13. The maximum Gasteiger partial charge on any atom is 0.223 e. The van der Waals surface area contributed by atoms with E-state index in [0.29, 0.717) is 19.0 Å². The van der Waals surface area contributed by atoms with Crippen molar-refractivity contribution in [2.75, 3.05) is 27.7 Å². The van der Waals surface area contributed by atoms with Crippen molar-refractivity contribution in [3.63, 3.8) is 0 Å². The summed E-state index contributed by atoms with van der Waals surface area (Å²) in [6.07, 6.45) is 2.94. The number of hydrogen-bond donors (Lipinski definition) is 2. The second-order valence-electron chi connectivity index (χ2n) is 3.96. The van der Waals surface area contributed by atoms with Crippen LogP contribution in [0.25, 0.3) is 0 Å². The highest BCUT2D eigenvalue weighted by molar-refractivity contribution is 5.81. The molecular weight excluding hydrogens is 192 g/mol. The van der Waals surface area contributed by atoms with Gasteiger partial charge < -0.3 is 15.5 Å². The Morgan fingerprint density at radius 1 is 1.47 bits per heavy atom. The average Bonchev–Trinajstić information content (AvgIpc) is 2.99. The van der Waals surface area contributed by atoms with Crippen molar-refractivity contribution < 1.29 is 4.79 Å². The molecule has 5 heteroatoms. The van der Waals surface area contributed by atoms with Gasteiger partial charge in [0.15, 0.2) is 5.96 Å². The SMILES string of the molecule is CN=C(NCCC(=O)N(C)C)NC1CC1. The molecule has 15 heavy (non-hydrogen) atoms. The summed E-state index contributed by atoms with van der Waals surface area (Å²) in [5.41, 5.74) is 0. The van der Waals surface area contributed by atoms with Crippen LogP contribution in [0.1, 0.15) is 19.3 Å². The van der Waals surface area contributed by atoms with Gasteiger partial charge in [-0.2, -0.15) is 0 Å². The third-order valence-corrected chi connectivity index (χ3v) is 2.27. The van der Waals surface area contributed by atoms with Crippen molar-refractivity contribution in [3.8, 4) is 0 Å². The lowest BCUT2D eigenvalue weighted by atomic mass is 10.4. The Balaban J connectivity index is 2.14. The van der Waals surface area contributed by atoms with Gasteiger partial charge >= 0.3 is 0 Å². The Morgan fingerprint density at radius 2 is 2.13 bits per heavy atom. The first kappa shape index (κ1) is 11.8. The molecule has 0 atom stereocenters. The van der Waals surface area contributed by atoms with Crippen LogP contribution in [0.5, 0.6) is 0 Å². The van der Waals surface area contributed by atoms with Crippen molar-refractivity contribution in [3.05, 3.63) is 0 Å². The van der Waals surface area contributed by atoms with E-state index in [1.54, 1.807) is 26.0 Å². The number of amides is 1. The lowest BCUT2D eigenvalue weighted by molar-refractivity contribution is -0.128. The Kier molecular flexibility index (Phi) is 4.39. The lowest BCUT2D eigenvalue weighted by Crippen LogP contribution is -2.40. The van der Waals surface area contributed by atoms with E-state index in [4.69, 9.17) is 0 Å². The molecule has 0 aromatic rings. The van der Waals surface area contributed by atoms with E-state index in [2.05, 4.69) is 15.6 Å². The van der Waals surface area contributed by atoms with Crippen LogP contribution < -0.4 is 10.6 Å². The second-order valence-corrected chi connectivity index (χ2v) is 3.96. The number of guanidine groups is 1. The zero-order valence-electron chi connectivity index (χ0n) is 9.71. The van der Waals surface area contributed by atoms with E-state index in [9.17, 15) is 4.79 Å². The summed E-state index contributed by atoms with van der Waals surface area (Å²) in [4.78, 5) is 16.9. The number of hydrogen-bond acceptors (Lipinski definition) is 2. The largest absolute Gasteiger partial charge is 0.356 e. The van der Waals surface area contributed by atoms with E-state index in [0.717, 1.165) is 5.96 Å². The maximum absolute atomic E-state index is 11.3. The summed E-state index contributed by atoms with van der Waals surface area (Å²) in [6.45, 7) is 0.628. The van der Waals surface area contributed by atoms with Crippen LogP contribution in [-0.2, 0) is 4.79 Å². The molecule has 2 N–H and O–H groups in total. The fraction of sp³-hybridized carbons (Fsp3) is 0.800. The van der Waals surface area contributed by atoms with Crippen LogP contribution >= 0.6 is 0 Å². The Bertz CT molecular complexity index is 246. The van der Waals surface area contributed by atoms with Crippen molar-refractivity contribution in [1.29, 1.82) is 0 Å². The number of carbonyl (C=O) groups excluding carboxylic acids is 1. The molecule has 0 unspecified atom stereocenters. The minimum absolute atomic E-state index is 0.129. The summed E-state index contributed by atoms with van der Waals surface area (Å²) < 4.78 is 0. The number of rotatable bonds is 4. The summed E-state index contributed by atoms with van der Waals surface area (Å²) >= 11 is 0. The van der Waals surface area contributed by atoms with E-state index in [-0.39, 0.29) is 5.91 Å². The molecule has 5 nitrogen and oxygen atoms in total. The molecule has 1 fully saturated rings. The third kappa shape index (κ3) is 4.67. The molecule has 0 radical (unpaired) electrons. The van der Waals surface area contributed by atoms with Gasteiger partial charge in [0, 0.05) is 40.2 Å². The molecule has 0 saturated heterocycles. The average molecular weight is 212 g/mol. The predicted molar refractivity (Wildman–Crippen MR) is 60.8 cm³/mol. The van der Waals surface area contributed by atoms with Gasteiger partial charge in [0.2, 0.25) is 5.91 Å². The molecule has 0 aromatic carbocycles. The Morgan fingerprint density at radius 3 is 2.60 bits per heavy atom. The van der Waals surface area contributed by atoms with Gasteiger partial charge in [-0.1, -0.05) is 0 Å². The summed E-state index contributed by atoms with van der Waals surface area (Å²) in [7, 11) is 5.27. The van der Waals surface area contributed by atoms with E-state index < -0.39 is 0 Å². The van der Waals surface area contributed by atoms with Crippen LogP contribution in [0.15, 0.2) is 4.99 Å². The Hall–Kier alpha value is -1.26. The van der Waals surface area contributed by atoms with Gasteiger partial charge in [0.1, 0.15) is 0 Å². The van der Waals surface area contributed by atoms with Gasteiger partial charge in [-0.15, -0.1) is 0 Å². The smallest absolute Gasteiger partial charge is 0.223 e. The van der Waals surface area contributed by atoms with Crippen molar-refractivity contribution in [2.24, 2.45) is 4.99 Å². The van der Waals surface area contributed by atoms with Crippen molar-refractivity contribution in [1.82, 2.24) is 15.5 Å². The van der Waals surface area contributed by atoms with Gasteiger partial charge in [0.25, 0.3) is 0 Å². The van der Waals surface area contributed by atoms with E-state index in [1.165, 1.54) is 12.8 Å². The number of carbonyl (C=O) groups is 1. The highest BCUT2D eigenvalue weighted by Crippen LogP contribution is 2.18. The molecule has 1 amide bonds. The number of nitrogens with zero attached hydrogens (tertiary/aromatic N) is 2. The third-order valence-electron chi connectivity index (χ3n) is 2.27. The van der Waals surface area contributed by atoms with Gasteiger partial charge in [-0.05, 0) is 12.8 Å². The minimum Gasteiger partial charge on any atom is -0.356 e. The molecule has 0 heterocycles. The predicted octanol–water partition coefficient (Wildman–Crippen LogP) is -0.208. The first-order valence-corrected chi connectivity index (χ1v) is 5.31. The van der Waals surface area contributed by atoms with Crippen LogP contribution in [0, 0.1) is 0 Å². The monoisotopic (exact) mass is 212 g/mol. The molecule has 1 aliphatic rings. The highest BCUT2D eigenvalue weighted by atomic mass is 16.2. The van der Waals surface area contributed by atoms with Crippen LogP contribution in [0.2, 0.25) is 0 Å². The lowest BCUT2D eigenvalue weighted by Gasteiger charge is -2.13. The number of nitrogens with one attached hydrogen (secondary N) is 2. The molecule has 1 aliphatic carbocycles. The molecular formula is C10H20N4O. The van der Waals surface area contributed by atoms with E-state index in [1.807, 2.05) is 0 Å². The molecule has 86 valence electrons. The molecule has 0 aliphatic heterocycles. The fourth-order valence-corrected chi connectivity index (χ4v) is 1.13. The topological polar surface area (TPSA) is 56.7 Å². The van der Waals surface area contributed by atoms with Crippen LogP contribution in [-0.4, -0.2) is 50.5 Å². The zero-order chi connectivity index (χ0) is 11.3. The normalized spacial score (nSPS) is 16.1. The standard InChI is InChI=1S/C10H20N4O/c1-11-10(13-8-4-5-8)12-7-6-9(15)14(2)3/h8H,4-7H2,1-3H3,(H2,11,12,13). The molecule has 1 saturated carbocycles. The van der Waals surface area contributed by atoms with Crippen molar-refractivity contribution >= 4 is 11.9 Å². The first-order valence-electron chi connectivity index (χ1n) is 5.31. The van der Waals surface area contributed by atoms with E-state index >= 15 is 0 Å². The van der Waals surface area contributed by atoms with Gasteiger partial charge in [-0.3, -0.25) is 9.79 Å². The maximum atomic E-state index is 11.3. The Labute approximate surface area is 90.9 Å². The molecule has 0 bridgehead atoms. The molecule has 1 rings (SSSR count). The van der Waals surface area contributed by atoms with Crippen molar-refractivity contribution in [2.45, 2.75) is 25.3 Å². The summed E-state index contributed by atoms with van der Waals surface area (Å²) in [5, 5.41) is 6.38. The minimum atomic E-state index is 0.129. The quantitative estimate of drug-likeness (QED) is 0.501. The second kappa shape index (κ2) is 5.58. The van der Waals surface area contributed by atoms with Crippen LogP contribution in [0.4, 0.5) is 0 Å². The zero-order valence-corrected chi connectivity index (χ0v) is 9.71. The highest BCUT2D eigenvalue weighted by Gasteiger charge is 2.21. The molecule has 0 aromatic heterocycles. The summed E-state index contributed by atoms with van der Waals surface area (Å²) in [6, 6.07) is 0.584. The van der Waals surface area contributed by atoms with Gasteiger partial charge in [-0.25, -0.2) is 0 Å². The summed E-state index contributed by atoms with van der Waals surface area (Å²) in [5.74, 6) is 0.924. The van der Waals surface area contributed by atoms with Gasteiger partial charge in [0.05, 0.1) is 0 Å². The number of aliphatic imine (C=N–C) groups is 1. The fourth-order valence-electron chi connectivity index (χ4n) is 1.13. The van der Waals surface area contributed by atoms with Crippen LogP contribution in [0.3, 0.4) is 0 Å². The molecule has 0 spiro atoms.